The molecule has 0 unspecified atom stereocenters. The Kier molecular flexibility index (Phi) is 7.14. The molecular formula is C13H21N5O7. The summed E-state index contributed by atoms with van der Waals surface area (Å²) in [5.74, 6) is -3.93. The molecule has 0 aromatic rings. The number of aliphatic hydroxyl groups is 1. The first-order valence-corrected chi connectivity index (χ1v) is 7.24. The summed E-state index contributed by atoms with van der Waals surface area (Å²) in [5.41, 5.74) is 12.6. The fourth-order valence-corrected chi connectivity index (χ4v) is 2.14. The highest BCUT2D eigenvalue weighted by Crippen LogP contribution is 2.23. The number of nitrogens with two attached hydrogens (primary N) is 2. The van der Waals surface area contributed by atoms with Gasteiger partial charge in [-0.25, -0.2) is 15.3 Å². The van der Waals surface area contributed by atoms with Gasteiger partial charge in [-0.05, 0) is 13.0 Å². The van der Waals surface area contributed by atoms with Crippen molar-refractivity contribution in [3.63, 3.8) is 0 Å². The molecular weight excluding hydrogens is 338 g/mol. The molecule has 4 atom stereocenters. The van der Waals surface area contributed by atoms with Crippen LogP contribution in [0.1, 0.15) is 13.8 Å². The maximum atomic E-state index is 11.9. The number of guanidine groups is 1. The van der Waals surface area contributed by atoms with Crippen LogP contribution >= 0.6 is 0 Å². The Labute approximate surface area is 142 Å². The Hall–Kier alpha value is -2.86. The minimum atomic E-state index is -1.87. The molecule has 0 fully saturated rings. The molecule has 0 aliphatic carbocycles. The number of carbonyl (C=O) groups excluding carboxylic acids is 2. The van der Waals surface area contributed by atoms with Crippen LogP contribution in [0.5, 0.6) is 0 Å². The lowest BCUT2D eigenvalue weighted by Crippen LogP contribution is -2.60. The second kappa shape index (κ2) is 8.84. The maximum Gasteiger partial charge on any atom is 0.370 e. The highest BCUT2D eigenvalue weighted by atomic mass is 16.7. The van der Waals surface area contributed by atoms with Crippen molar-refractivity contribution in [1.82, 2.24) is 10.8 Å². The minimum Gasteiger partial charge on any atom is -0.478 e. The van der Waals surface area contributed by atoms with E-state index in [0.29, 0.717) is 0 Å². The third-order valence-electron chi connectivity index (χ3n) is 3.08. The van der Waals surface area contributed by atoms with Crippen LogP contribution in [0.15, 0.2) is 16.8 Å². The van der Waals surface area contributed by atoms with Crippen LogP contribution in [-0.4, -0.2) is 64.9 Å². The van der Waals surface area contributed by atoms with Crippen LogP contribution in [0.4, 0.5) is 0 Å². The Morgan fingerprint density at radius 1 is 1.44 bits per heavy atom. The average Bonchev–Trinajstić information content (AvgIpc) is 2.52. The van der Waals surface area contributed by atoms with Gasteiger partial charge < -0.3 is 31.7 Å². The summed E-state index contributed by atoms with van der Waals surface area (Å²) in [6, 6.07) is -2.18. The van der Waals surface area contributed by atoms with Gasteiger partial charge in [-0.2, -0.15) is 0 Å². The van der Waals surface area contributed by atoms with E-state index < -0.39 is 47.8 Å². The largest absolute Gasteiger partial charge is 0.478 e. The Morgan fingerprint density at radius 2 is 2.08 bits per heavy atom. The summed E-state index contributed by atoms with van der Waals surface area (Å²) in [7, 11) is 0. The first-order chi connectivity index (χ1) is 11.7. The molecule has 0 saturated heterocycles. The van der Waals surface area contributed by atoms with Crippen molar-refractivity contribution in [1.29, 1.82) is 0 Å². The number of hydrogen-bond donors (Lipinski definition) is 6. The summed E-state index contributed by atoms with van der Waals surface area (Å²) < 4.78 is 5.17. The molecule has 25 heavy (non-hydrogen) atoms. The number of carbonyl (C=O) groups is 3. The smallest absolute Gasteiger partial charge is 0.370 e. The Morgan fingerprint density at radius 3 is 2.56 bits per heavy atom. The lowest BCUT2D eigenvalue weighted by atomic mass is 9.94. The van der Waals surface area contributed by atoms with E-state index in [2.05, 4.69) is 15.1 Å². The summed E-state index contributed by atoms with van der Waals surface area (Å²) in [4.78, 5) is 43.1. The molecule has 0 spiro atoms. The van der Waals surface area contributed by atoms with E-state index >= 15 is 0 Å². The van der Waals surface area contributed by atoms with Crippen LogP contribution in [0.3, 0.4) is 0 Å². The van der Waals surface area contributed by atoms with Gasteiger partial charge in [0.15, 0.2) is 18.2 Å². The number of carboxylic acid groups (broad SMARTS) is 1. The molecule has 12 heteroatoms. The fraction of sp³-hybridized carbons (Fsp3) is 0.538. The predicted octanol–water partition coefficient (Wildman–Crippen LogP) is -3.07. The van der Waals surface area contributed by atoms with Crippen molar-refractivity contribution in [2.24, 2.45) is 16.5 Å². The van der Waals surface area contributed by atoms with E-state index in [9.17, 15) is 19.5 Å². The topological polar surface area (TPSA) is 199 Å². The number of ether oxygens (including phenoxy) is 1. The number of rotatable bonds is 7. The van der Waals surface area contributed by atoms with Gasteiger partial charge in [-0.15, -0.1) is 0 Å². The van der Waals surface area contributed by atoms with Crippen molar-refractivity contribution in [3.8, 4) is 0 Å². The molecule has 12 nitrogen and oxygen atoms in total. The number of aliphatic carboxylic acids is 1. The molecule has 0 radical (unpaired) electrons. The number of nitrogens with zero attached hydrogens (tertiary/aromatic N) is 1. The van der Waals surface area contributed by atoms with Gasteiger partial charge >= 0.3 is 5.97 Å². The molecule has 0 aromatic carbocycles. The van der Waals surface area contributed by atoms with E-state index in [1.807, 2.05) is 5.48 Å². The number of carboxylic acids is 1. The third kappa shape index (κ3) is 5.61. The SMILES string of the molecule is CCONC(=O)[C@@H](O)[C@@H]1OC(C(=O)O)=C[C@H](N=C(N)N)[C@H]1NC(C)=O. The van der Waals surface area contributed by atoms with Gasteiger partial charge in [-0.3, -0.25) is 14.4 Å². The van der Waals surface area contributed by atoms with Gasteiger partial charge in [0.05, 0.1) is 18.7 Å². The van der Waals surface area contributed by atoms with Crippen molar-refractivity contribution in [2.75, 3.05) is 6.61 Å². The van der Waals surface area contributed by atoms with E-state index in [1.165, 1.54) is 6.92 Å². The maximum absolute atomic E-state index is 11.9. The van der Waals surface area contributed by atoms with E-state index in [4.69, 9.17) is 21.3 Å². The molecule has 1 heterocycles. The van der Waals surface area contributed by atoms with Crippen LogP contribution < -0.4 is 22.3 Å². The molecule has 0 saturated carbocycles. The van der Waals surface area contributed by atoms with Gasteiger partial charge in [0.25, 0.3) is 5.91 Å². The molecule has 1 aliphatic rings. The number of aliphatic hydroxyl groups excluding tert-OH is 1. The van der Waals surface area contributed by atoms with E-state index in [1.54, 1.807) is 6.92 Å². The zero-order valence-electron chi connectivity index (χ0n) is 13.6. The van der Waals surface area contributed by atoms with Gasteiger partial charge in [0.1, 0.15) is 0 Å². The molecule has 1 aliphatic heterocycles. The highest BCUT2D eigenvalue weighted by molar-refractivity contribution is 5.86. The predicted molar refractivity (Wildman–Crippen MR) is 83.6 cm³/mol. The van der Waals surface area contributed by atoms with Gasteiger partial charge in [-0.1, -0.05) is 0 Å². The second-order valence-electron chi connectivity index (χ2n) is 5.03. The lowest BCUT2D eigenvalue weighted by molar-refractivity contribution is -0.155. The first-order valence-electron chi connectivity index (χ1n) is 7.24. The molecule has 1 rings (SSSR count). The van der Waals surface area contributed by atoms with Crippen molar-refractivity contribution >= 4 is 23.7 Å². The lowest BCUT2D eigenvalue weighted by Gasteiger charge is -2.36. The minimum absolute atomic E-state index is 0.135. The molecule has 0 aromatic heterocycles. The standard InChI is InChI=1S/C13H21N5O7/c1-3-24-18-11(21)9(20)10-8(16-5(2)19)6(17-13(14)15)4-7(25-10)12(22)23/h4,6,8-10,20H,3H2,1-2H3,(H,16,19)(H,18,21)(H,22,23)(H4,14,15,17)/t6-,8+,9-,10+/m0/s1. The average molecular weight is 359 g/mol. The molecule has 2 amide bonds. The zero-order valence-corrected chi connectivity index (χ0v) is 13.6. The number of hydrogen-bond acceptors (Lipinski definition) is 7. The molecule has 140 valence electrons. The summed E-state index contributed by atoms with van der Waals surface area (Å²) >= 11 is 0. The third-order valence-corrected chi connectivity index (χ3v) is 3.08. The monoisotopic (exact) mass is 359 g/mol. The Bertz CT molecular complexity index is 587. The first kappa shape index (κ1) is 20.2. The van der Waals surface area contributed by atoms with Crippen LogP contribution in [0, 0.1) is 0 Å². The summed E-state index contributed by atoms with van der Waals surface area (Å²) in [5, 5.41) is 21.8. The zero-order chi connectivity index (χ0) is 19.1. The van der Waals surface area contributed by atoms with Crippen molar-refractivity contribution in [3.05, 3.63) is 11.8 Å². The second-order valence-corrected chi connectivity index (χ2v) is 5.03. The van der Waals surface area contributed by atoms with Crippen LogP contribution in [0.2, 0.25) is 0 Å². The van der Waals surface area contributed by atoms with Crippen molar-refractivity contribution in [2.45, 2.75) is 38.1 Å². The van der Waals surface area contributed by atoms with Crippen LogP contribution in [0.25, 0.3) is 0 Å². The quantitative estimate of drug-likeness (QED) is 0.155. The number of amides is 2. The normalized spacial score (nSPS) is 23.5. The molecule has 8 N–H and O–H groups in total. The number of hydroxylamine groups is 1. The van der Waals surface area contributed by atoms with Gasteiger partial charge in [0.2, 0.25) is 11.7 Å². The summed E-state index contributed by atoms with van der Waals surface area (Å²) in [6.07, 6.45) is -2.29. The number of aliphatic imine (C=N–C) groups is 1. The fourth-order valence-electron chi connectivity index (χ4n) is 2.14. The van der Waals surface area contributed by atoms with Gasteiger partial charge in [0, 0.05) is 6.92 Å². The summed E-state index contributed by atoms with van der Waals surface area (Å²) in [6.45, 7) is 2.92. The Balaban J connectivity index is 3.22. The van der Waals surface area contributed by atoms with E-state index in [0.717, 1.165) is 6.08 Å². The van der Waals surface area contributed by atoms with Crippen LogP contribution in [-0.2, 0) is 24.0 Å². The number of nitrogens with one attached hydrogen (secondary N) is 2. The highest BCUT2D eigenvalue weighted by Gasteiger charge is 2.44. The molecule has 0 bridgehead atoms. The van der Waals surface area contributed by atoms with Crippen molar-refractivity contribution < 1.29 is 34.2 Å². The van der Waals surface area contributed by atoms with E-state index in [-0.39, 0.29) is 12.6 Å².